The first-order valence-corrected chi connectivity index (χ1v) is 10.0. The van der Waals surface area contributed by atoms with Gasteiger partial charge in [0.05, 0.1) is 19.1 Å². The third kappa shape index (κ3) is 5.99. The molecule has 8 nitrogen and oxygen atoms in total. The van der Waals surface area contributed by atoms with E-state index >= 15 is 0 Å². The van der Waals surface area contributed by atoms with Gasteiger partial charge in [0.1, 0.15) is 11.4 Å². The number of aromatic nitrogens is 2. The van der Waals surface area contributed by atoms with E-state index in [1.54, 1.807) is 7.11 Å². The van der Waals surface area contributed by atoms with Crippen molar-refractivity contribution in [3.05, 3.63) is 11.4 Å². The third-order valence-corrected chi connectivity index (χ3v) is 5.66. The van der Waals surface area contributed by atoms with E-state index in [1.165, 1.54) is 0 Å². The van der Waals surface area contributed by atoms with E-state index in [2.05, 4.69) is 15.2 Å². The highest BCUT2D eigenvalue weighted by Gasteiger charge is 2.28. The maximum atomic E-state index is 13.0. The Morgan fingerprint density at radius 1 is 1.26 bits per heavy atom. The number of piperidine rings is 1. The second-order valence-electron chi connectivity index (χ2n) is 7.68. The number of carbonyl (C=O) groups excluding carboxylic acids is 1. The van der Waals surface area contributed by atoms with Crippen molar-refractivity contribution in [3.8, 4) is 0 Å². The average molecular weight is 380 g/mol. The number of aryl methyl sites for hydroxylation is 1. The van der Waals surface area contributed by atoms with Gasteiger partial charge in [-0.1, -0.05) is 10.3 Å². The maximum Gasteiger partial charge on any atom is 0.228 e. The predicted octanol–water partition coefficient (Wildman–Crippen LogP) is 1.29. The summed E-state index contributed by atoms with van der Waals surface area (Å²) in [4.78, 5) is 17.4. The second-order valence-corrected chi connectivity index (χ2v) is 7.68. The smallest absolute Gasteiger partial charge is 0.228 e. The minimum atomic E-state index is 0.0890. The first-order valence-electron chi connectivity index (χ1n) is 10.0. The van der Waals surface area contributed by atoms with Gasteiger partial charge in [0.25, 0.3) is 0 Å². The first kappa shape index (κ1) is 20.2. The van der Waals surface area contributed by atoms with Gasteiger partial charge in [0.2, 0.25) is 5.91 Å². The molecule has 3 heterocycles. The fraction of sp³-hybridized carbons (Fsp3) is 0.842. The molecule has 152 valence electrons. The number of rotatable bonds is 9. The Kier molecular flexibility index (Phi) is 7.60. The second kappa shape index (κ2) is 10.1. The molecule has 1 atom stereocenters. The van der Waals surface area contributed by atoms with Crippen LogP contribution in [0.1, 0.15) is 37.1 Å². The lowest BCUT2D eigenvalue weighted by Gasteiger charge is -2.35. The molecule has 2 aliphatic heterocycles. The van der Waals surface area contributed by atoms with Crippen LogP contribution in [0.2, 0.25) is 0 Å². The third-order valence-electron chi connectivity index (χ3n) is 5.66. The van der Waals surface area contributed by atoms with Gasteiger partial charge in [-0.05, 0) is 51.6 Å². The van der Waals surface area contributed by atoms with Crippen LogP contribution in [-0.4, -0.2) is 85.2 Å². The molecule has 0 unspecified atom stereocenters. The standard InChI is InChI=1S/C19H32N4O4/c1-15-18(21-27-20-15)12-19(24)23(14-17-4-3-10-26-17)13-16-5-7-22(8-6-16)9-11-25-2/h16-17H,3-14H2,1-2H3/t17-/m1/s1. The number of likely N-dealkylation sites (tertiary alicyclic amines) is 1. The van der Waals surface area contributed by atoms with Crippen molar-refractivity contribution in [3.63, 3.8) is 0 Å². The summed E-state index contributed by atoms with van der Waals surface area (Å²) in [5.74, 6) is 0.622. The van der Waals surface area contributed by atoms with Gasteiger partial charge in [0.15, 0.2) is 0 Å². The van der Waals surface area contributed by atoms with E-state index in [0.717, 1.165) is 65.1 Å². The molecule has 0 N–H and O–H groups in total. The predicted molar refractivity (Wildman–Crippen MR) is 99.3 cm³/mol. The molecule has 0 radical (unpaired) electrons. The molecule has 2 fully saturated rings. The average Bonchev–Trinajstić information content (AvgIpc) is 3.33. The molecular weight excluding hydrogens is 348 g/mol. The minimum absolute atomic E-state index is 0.0890. The van der Waals surface area contributed by atoms with Crippen LogP contribution in [0, 0.1) is 12.8 Å². The summed E-state index contributed by atoms with van der Waals surface area (Å²) >= 11 is 0. The summed E-state index contributed by atoms with van der Waals surface area (Å²) in [6.07, 6.45) is 4.75. The Bertz CT molecular complexity index is 580. The van der Waals surface area contributed by atoms with Crippen molar-refractivity contribution in [1.29, 1.82) is 0 Å². The molecule has 0 saturated carbocycles. The molecule has 2 aliphatic rings. The number of hydrogen-bond acceptors (Lipinski definition) is 7. The van der Waals surface area contributed by atoms with Gasteiger partial charge in [-0.2, -0.15) is 0 Å². The van der Waals surface area contributed by atoms with E-state index in [-0.39, 0.29) is 18.4 Å². The molecule has 1 aromatic rings. The van der Waals surface area contributed by atoms with Crippen LogP contribution in [0.25, 0.3) is 0 Å². The highest BCUT2D eigenvalue weighted by molar-refractivity contribution is 5.78. The molecule has 1 aromatic heterocycles. The Hall–Kier alpha value is -1.51. The largest absolute Gasteiger partial charge is 0.383 e. The first-order chi connectivity index (χ1) is 13.2. The van der Waals surface area contributed by atoms with E-state index < -0.39 is 0 Å². The molecule has 0 spiro atoms. The summed E-state index contributed by atoms with van der Waals surface area (Å²) in [7, 11) is 1.74. The molecular formula is C19H32N4O4. The summed E-state index contributed by atoms with van der Waals surface area (Å²) in [6.45, 7) is 7.99. The minimum Gasteiger partial charge on any atom is -0.383 e. The van der Waals surface area contributed by atoms with Crippen LogP contribution in [0.5, 0.6) is 0 Å². The fourth-order valence-electron chi connectivity index (χ4n) is 3.90. The van der Waals surface area contributed by atoms with Crippen LogP contribution >= 0.6 is 0 Å². The quantitative estimate of drug-likeness (QED) is 0.638. The lowest BCUT2D eigenvalue weighted by atomic mass is 9.95. The number of ether oxygens (including phenoxy) is 2. The van der Waals surface area contributed by atoms with Crippen molar-refractivity contribution in [2.45, 2.75) is 45.1 Å². The van der Waals surface area contributed by atoms with Gasteiger partial charge in [-0.25, -0.2) is 4.63 Å². The number of amides is 1. The van der Waals surface area contributed by atoms with Gasteiger partial charge in [-0.3, -0.25) is 4.79 Å². The van der Waals surface area contributed by atoms with Crippen molar-refractivity contribution in [2.75, 3.05) is 53.0 Å². The van der Waals surface area contributed by atoms with Crippen LogP contribution in [0.4, 0.5) is 0 Å². The van der Waals surface area contributed by atoms with Crippen molar-refractivity contribution < 1.29 is 18.9 Å². The molecule has 1 amide bonds. The van der Waals surface area contributed by atoms with Crippen LogP contribution in [-0.2, 0) is 20.7 Å². The zero-order valence-corrected chi connectivity index (χ0v) is 16.6. The number of carbonyl (C=O) groups is 1. The Balaban J connectivity index is 1.55. The molecule has 0 bridgehead atoms. The number of hydrogen-bond donors (Lipinski definition) is 0. The van der Waals surface area contributed by atoms with Gasteiger partial charge >= 0.3 is 0 Å². The normalized spacial score (nSPS) is 21.6. The summed E-state index contributed by atoms with van der Waals surface area (Å²) in [5, 5.41) is 7.66. The van der Waals surface area contributed by atoms with Crippen LogP contribution < -0.4 is 0 Å². The van der Waals surface area contributed by atoms with E-state index in [1.807, 2.05) is 11.8 Å². The summed E-state index contributed by atoms with van der Waals surface area (Å²) < 4.78 is 15.7. The van der Waals surface area contributed by atoms with E-state index in [0.29, 0.717) is 23.9 Å². The van der Waals surface area contributed by atoms with Gasteiger partial charge < -0.3 is 19.3 Å². The lowest BCUT2D eigenvalue weighted by molar-refractivity contribution is -0.133. The molecule has 8 heteroatoms. The summed E-state index contributed by atoms with van der Waals surface area (Å²) in [6, 6.07) is 0. The highest BCUT2D eigenvalue weighted by atomic mass is 16.6. The monoisotopic (exact) mass is 380 g/mol. The van der Waals surface area contributed by atoms with Crippen molar-refractivity contribution >= 4 is 5.91 Å². The summed E-state index contributed by atoms with van der Waals surface area (Å²) in [5.41, 5.74) is 1.32. The highest BCUT2D eigenvalue weighted by Crippen LogP contribution is 2.21. The molecule has 2 saturated heterocycles. The fourth-order valence-corrected chi connectivity index (χ4v) is 3.90. The van der Waals surface area contributed by atoms with Crippen LogP contribution in [0.15, 0.2) is 4.63 Å². The van der Waals surface area contributed by atoms with Gasteiger partial charge in [0, 0.05) is 33.4 Å². The van der Waals surface area contributed by atoms with Crippen LogP contribution in [0.3, 0.4) is 0 Å². The zero-order chi connectivity index (χ0) is 19.1. The lowest BCUT2D eigenvalue weighted by Crippen LogP contribution is -2.44. The Morgan fingerprint density at radius 3 is 2.70 bits per heavy atom. The molecule has 27 heavy (non-hydrogen) atoms. The Labute approximate surface area is 161 Å². The number of methoxy groups -OCH3 is 1. The van der Waals surface area contributed by atoms with E-state index in [4.69, 9.17) is 14.1 Å². The van der Waals surface area contributed by atoms with E-state index in [9.17, 15) is 4.79 Å². The molecule has 3 rings (SSSR count). The topological polar surface area (TPSA) is 80.9 Å². The SMILES string of the molecule is COCCN1CCC(CN(C[C@H]2CCCO2)C(=O)Cc2nonc2C)CC1. The molecule has 0 aliphatic carbocycles. The maximum absolute atomic E-state index is 13.0. The molecule has 0 aromatic carbocycles. The Morgan fingerprint density at radius 2 is 2.07 bits per heavy atom. The van der Waals surface area contributed by atoms with Crippen molar-refractivity contribution in [2.24, 2.45) is 5.92 Å². The van der Waals surface area contributed by atoms with Gasteiger partial charge in [-0.15, -0.1) is 0 Å². The number of nitrogens with zero attached hydrogens (tertiary/aromatic N) is 4. The van der Waals surface area contributed by atoms with Crippen molar-refractivity contribution in [1.82, 2.24) is 20.1 Å². The zero-order valence-electron chi connectivity index (χ0n) is 16.6.